The van der Waals surface area contributed by atoms with Gasteiger partial charge in [0.25, 0.3) is 11.6 Å². The predicted molar refractivity (Wildman–Crippen MR) is 154 cm³/mol. The molecule has 0 saturated carbocycles. The van der Waals surface area contributed by atoms with E-state index in [-0.39, 0.29) is 11.6 Å². The summed E-state index contributed by atoms with van der Waals surface area (Å²) in [5.74, 6) is 0.420. The summed E-state index contributed by atoms with van der Waals surface area (Å²) < 4.78 is 9.69. The Hall–Kier alpha value is -2.10. The highest BCUT2D eigenvalue weighted by molar-refractivity contribution is 14.1. The third-order valence-corrected chi connectivity index (χ3v) is 7.88. The van der Waals surface area contributed by atoms with E-state index in [9.17, 15) is 14.9 Å². The zero-order valence-corrected chi connectivity index (χ0v) is 23.8. The molecule has 0 fully saturated rings. The number of nitro groups is 1. The van der Waals surface area contributed by atoms with Gasteiger partial charge in [0.15, 0.2) is 0 Å². The lowest BCUT2D eigenvalue weighted by atomic mass is 10.2. The Bertz CT molecular complexity index is 1400. The molecule has 0 aliphatic rings. The smallest absolute Gasteiger partial charge is 0.281 e. The number of fused-ring (bicyclic) bond motifs is 1. The monoisotopic (exact) mass is 761 g/mol. The van der Waals surface area contributed by atoms with Crippen molar-refractivity contribution in [2.45, 2.75) is 6.61 Å². The summed E-state index contributed by atoms with van der Waals surface area (Å²) in [7, 11) is 0. The largest absolute Gasteiger partial charge is 0.487 e. The van der Waals surface area contributed by atoms with E-state index in [1.54, 1.807) is 18.3 Å². The van der Waals surface area contributed by atoms with Crippen LogP contribution < -0.4 is 10.2 Å². The molecule has 172 valence electrons. The third kappa shape index (κ3) is 6.12. The second-order valence-corrected chi connectivity index (χ2v) is 11.3. The molecule has 0 atom stereocenters. The number of hydrazone groups is 1. The van der Waals surface area contributed by atoms with E-state index in [4.69, 9.17) is 4.74 Å². The first kappa shape index (κ1) is 25.0. The Kier molecular flexibility index (Phi) is 8.16. The maximum absolute atomic E-state index is 12.5. The molecule has 1 heterocycles. The van der Waals surface area contributed by atoms with Crippen molar-refractivity contribution in [3.63, 3.8) is 0 Å². The van der Waals surface area contributed by atoms with E-state index in [0.717, 1.165) is 33.2 Å². The molecule has 0 aliphatic heterocycles. The fourth-order valence-corrected chi connectivity index (χ4v) is 6.33. The third-order valence-electron chi connectivity index (χ3n) is 4.63. The Morgan fingerprint density at radius 2 is 1.82 bits per heavy atom. The molecule has 3 aromatic carbocycles. The number of thiophene rings is 1. The van der Waals surface area contributed by atoms with Crippen LogP contribution in [0.4, 0.5) is 5.69 Å². The summed E-state index contributed by atoms with van der Waals surface area (Å²) in [5, 5.41) is 15.7. The van der Waals surface area contributed by atoms with Crippen LogP contribution in [0.1, 0.15) is 20.8 Å². The Balaban J connectivity index is 1.41. The molecule has 1 amide bonds. The van der Waals surface area contributed by atoms with Crippen LogP contribution in [-0.4, -0.2) is 17.0 Å². The van der Waals surface area contributed by atoms with Gasteiger partial charge in [-0.1, -0.05) is 28.1 Å². The van der Waals surface area contributed by atoms with E-state index >= 15 is 0 Å². The first-order valence-electron chi connectivity index (χ1n) is 9.68. The highest BCUT2D eigenvalue weighted by Crippen LogP contribution is 2.30. The highest BCUT2D eigenvalue weighted by Gasteiger charge is 2.13. The topological polar surface area (TPSA) is 93.8 Å². The molecule has 0 spiro atoms. The van der Waals surface area contributed by atoms with Gasteiger partial charge >= 0.3 is 0 Å². The molecule has 1 aromatic heterocycles. The number of nitrogens with zero attached hydrogens (tertiary/aromatic N) is 2. The SMILES string of the molecule is O=C(N/N=C\c1cc(I)c(OCc2ccc(Br)cc2)c(I)c1)c1cc2cc([N+](=O)[O-])ccc2s1. The maximum Gasteiger partial charge on any atom is 0.281 e. The second kappa shape index (κ2) is 11.1. The van der Waals surface area contributed by atoms with Crippen molar-refractivity contribution in [3.8, 4) is 5.75 Å². The van der Waals surface area contributed by atoms with Crippen molar-refractivity contribution in [1.82, 2.24) is 5.43 Å². The lowest BCUT2D eigenvalue weighted by Crippen LogP contribution is -2.16. The number of carbonyl (C=O) groups is 1. The summed E-state index contributed by atoms with van der Waals surface area (Å²) >= 11 is 9.11. The van der Waals surface area contributed by atoms with Crippen molar-refractivity contribution in [2.24, 2.45) is 5.10 Å². The molecule has 11 heteroatoms. The Morgan fingerprint density at radius 1 is 1.12 bits per heavy atom. The van der Waals surface area contributed by atoms with Crippen LogP contribution in [-0.2, 0) is 6.61 Å². The zero-order chi connectivity index (χ0) is 24.2. The van der Waals surface area contributed by atoms with Crippen molar-refractivity contribution in [2.75, 3.05) is 0 Å². The van der Waals surface area contributed by atoms with Crippen LogP contribution in [0.2, 0.25) is 0 Å². The molecule has 4 rings (SSSR count). The average molecular weight is 762 g/mol. The van der Waals surface area contributed by atoms with Crippen LogP contribution >= 0.6 is 72.4 Å². The van der Waals surface area contributed by atoms with E-state index in [0.29, 0.717) is 16.9 Å². The minimum Gasteiger partial charge on any atom is -0.487 e. The van der Waals surface area contributed by atoms with Crippen LogP contribution in [0, 0.1) is 17.3 Å². The first-order valence-corrected chi connectivity index (χ1v) is 13.4. The molecule has 0 unspecified atom stereocenters. The van der Waals surface area contributed by atoms with Gasteiger partial charge in [0.2, 0.25) is 0 Å². The van der Waals surface area contributed by atoms with Crippen LogP contribution in [0.15, 0.2) is 70.2 Å². The van der Waals surface area contributed by atoms with E-state index < -0.39 is 4.92 Å². The van der Waals surface area contributed by atoms with Gasteiger partial charge in [0, 0.05) is 26.7 Å². The van der Waals surface area contributed by atoms with Crippen molar-refractivity contribution < 1.29 is 14.5 Å². The normalized spacial score (nSPS) is 11.1. The molecule has 0 saturated heterocycles. The second-order valence-electron chi connectivity index (χ2n) is 7.02. The van der Waals surface area contributed by atoms with Gasteiger partial charge < -0.3 is 4.74 Å². The fraction of sp³-hybridized carbons (Fsp3) is 0.0435. The number of rotatable bonds is 7. The van der Waals surface area contributed by atoms with Crippen molar-refractivity contribution in [3.05, 3.63) is 98.4 Å². The number of ether oxygens (including phenoxy) is 1. The number of nitro benzene ring substituents is 1. The number of hydrogen-bond acceptors (Lipinski definition) is 6. The molecule has 0 aliphatic carbocycles. The minimum atomic E-state index is -0.457. The van der Waals surface area contributed by atoms with Crippen LogP contribution in [0.3, 0.4) is 0 Å². The highest BCUT2D eigenvalue weighted by atomic mass is 127. The van der Waals surface area contributed by atoms with Gasteiger partial charge in [0.1, 0.15) is 12.4 Å². The maximum atomic E-state index is 12.5. The lowest BCUT2D eigenvalue weighted by molar-refractivity contribution is -0.384. The number of carbonyl (C=O) groups excluding carboxylic acids is 1. The van der Waals surface area contributed by atoms with E-state index in [1.165, 1.54) is 23.5 Å². The summed E-state index contributed by atoms with van der Waals surface area (Å²) in [5.41, 5.74) is 4.39. The first-order chi connectivity index (χ1) is 16.3. The Morgan fingerprint density at radius 3 is 2.50 bits per heavy atom. The van der Waals surface area contributed by atoms with Crippen LogP contribution in [0.5, 0.6) is 5.75 Å². The number of benzene rings is 3. The fourth-order valence-electron chi connectivity index (χ4n) is 3.00. The van der Waals surface area contributed by atoms with Gasteiger partial charge in [-0.2, -0.15) is 5.10 Å². The number of amides is 1. The molecule has 7 nitrogen and oxygen atoms in total. The molecular weight excluding hydrogens is 748 g/mol. The van der Waals surface area contributed by atoms with Crippen molar-refractivity contribution >= 4 is 100 Å². The molecule has 34 heavy (non-hydrogen) atoms. The van der Waals surface area contributed by atoms with Crippen LogP contribution in [0.25, 0.3) is 10.1 Å². The van der Waals surface area contributed by atoms with Gasteiger partial charge in [-0.3, -0.25) is 14.9 Å². The van der Waals surface area contributed by atoms with Crippen molar-refractivity contribution in [1.29, 1.82) is 0 Å². The summed E-state index contributed by atoms with van der Waals surface area (Å²) in [6.07, 6.45) is 1.57. The number of non-ortho nitro benzene ring substituents is 1. The molecule has 4 aromatic rings. The molecule has 0 radical (unpaired) electrons. The predicted octanol–water partition coefficient (Wildman–Crippen LogP) is 7.12. The summed E-state index contributed by atoms with van der Waals surface area (Å²) in [6.45, 7) is 0.459. The number of halogens is 3. The number of hydrogen-bond donors (Lipinski definition) is 1. The van der Waals surface area contributed by atoms with Gasteiger partial charge in [-0.15, -0.1) is 11.3 Å². The van der Waals surface area contributed by atoms with Gasteiger partial charge in [-0.05, 0) is 92.7 Å². The Labute approximate surface area is 234 Å². The lowest BCUT2D eigenvalue weighted by Gasteiger charge is -2.11. The van der Waals surface area contributed by atoms with Gasteiger partial charge in [-0.25, -0.2) is 5.43 Å². The summed E-state index contributed by atoms with van der Waals surface area (Å²) in [4.78, 5) is 23.4. The van der Waals surface area contributed by atoms with Gasteiger partial charge in [0.05, 0.1) is 23.2 Å². The molecule has 0 bridgehead atoms. The standard InChI is InChI=1S/C23H14BrI2N3O4S/c24-16-3-1-13(2-4-16)12-33-22-18(25)7-14(8-19(22)26)11-27-28-23(30)21-10-15-9-17(29(31)32)5-6-20(15)34-21/h1-11H,12H2,(H,28,30)/b27-11-. The van der Waals surface area contributed by atoms with E-state index in [1.807, 2.05) is 36.4 Å². The average Bonchev–Trinajstić information content (AvgIpc) is 3.23. The zero-order valence-electron chi connectivity index (χ0n) is 17.1. The molecule has 1 N–H and O–H groups in total. The van der Waals surface area contributed by atoms with E-state index in [2.05, 4.69) is 71.6 Å². The molecular formula is C23H14BrI2N3O4S. The minimum absolute atomic E-state index is 0.0104. The number of nitrogens with one attached hydrogen (secondary N) is 1. The quantitative estimate of drug-likeness (QED) is 0.0940. The summed E-state index contributed by atoms with van der Waals surface area (Å²) in [6, 6.07) is 18.0.